The van der Waals surface area contributed by atoms with Crippen molar-refractivity contribution in [3.05, 3.63) is 165 Å². The van der Waals surface area contributed by atoms with Gasteiger partial charge in [-0.3, -0.25) is 38.5 Å². The predicted octanol–water partition coefficient (Wildman–Crippen LogP) is 6.15. The van der Waals surface area contributed by atoms with Crippen LogP contribution in [0.4, 0.5) is 19.1 Å². The number of benzene rings is 4. The first-order valence-electron chi connectivity index (χ1n) is 26.8. The van der Waals surface area contributed by atoms with Crippen LogP contribution in [0.5, 0.6) is 0 Å². The summed E-state index contributed by atoms with van der Waals surface area (Å²) in [6.07, 6.45) is -2.38. The molecule has 0 aliphatic carbocycles. The number of halogens is 3. The SMILES string of the molecule is CNCCCCC(NC(=O)CCSC(c1ccccc1)(c1ccccc1)c1ccccc1)C(=O)NCCCCC(NC(=O)CCC(NC(=O)c1ccc(C(Cc2cnc3nc(N)[nH]c(=O)c3n2)C(=O)C(F)(F)F)cc1)C(C)=O)C(=O)OC. The monoisotopic (exact) mass is 1150 g/mol. The van der Waals surface area contributed by atoms with Crippen LogP contribution in [0.3, 0.4) is 0 Å². The van der Waals surface area contributed by atoms with Crippen molar-refractivity contribution in [3.63, 3.8) is 0 Å². The van der Waals surface area contributed by atoms with Gasteiger partial charge in [-0.15, -0.1) is 11.8 Å². The number of H-pyrrole nitrogens is 1. The van der Waals surface area contributed by atoms with Crippen molar-refractivity contribution >= 4 is 70.0 Å². The van der Waals surface area contributed by atoms with E-state index in [1.54, 1.807) is 11.8 Å². The largest absolute Gasteiger partial charge is 0.467 e. The number of methoxy groups -OCH3 is 1. The number of aromatic nitrogens is 4. The number of carbonyl (C=O) groups excluding carboxylic acids is 7. The summed E-state index contributed by atoms with van der Waals surface area (Å²) in [6.45, 7) is 2.14. The number of hydrogen-bond acceptors (Lipinski definition) is 15. The molecule has 4 atom stereocenters. The summed E-state index contributed by atoms with van der Waals surface area (Å²) in [6, 6.07) is 32.0. The zero-order chi connectivity index (χ0) is 59.2. The Morgan fingerprint density at radius 3 is 1.82 bits per heavy atom. The minimum atomic E-state index is -5.26. The Balaban J connectivity index is 0.991. The van der Waals surface area contributed by atoms with Crippen LogP contribution in [0, 0.1) is 0 Å². The van der Waals surface area contributed by atoms with E-state index >= 15 is 0 Å². The minimum Gasteiger partial charge on any atom is -0.467 e. The molecule has 0 aliphatic rings. The summed E-state index contributed by atoms with van der Waals surface area (Å²) in [5.74, 6) is -7.04. The van der Waals surface area contributed by atoms with E-state index in [1.165, 1.54) is 19.1 Å². The quantitative estimate of drug-likeness (QED) is 0.0146. The number of aromatic amines is 1. The first-order valence-corrected chi connectivity index (χ1v) is 27.8. The van der Waals surface area contributed by atoms with Gasteiger partial charge in [-0.1, -0.05) is 103 Å². The van der Waals surface area contributed by atoms with E-state index in [1.807, 2.05) is 61.6 Å². The van der Waals surface area contributed by atoms with Crippen LogP contribution in [0.1, 0.15) is 109 Å². The van der Waals surface area contributed by atoms with E-state index < -0.39 is 76.3 Å². The molecule has 0 aliphatic heterocycles. The van der Waals surface area contributed by atoms with Crippen molar-refractivity contribution in [2.75, 3.05) is 38.7 Å². The molecule has 0 spiro atoms. The first-order chi connectivity index (χ1) is 39.3. The Bertz CT molecular complexity index is 3100. The molecule has 23 heteroatoms. The van der Waals surface area contributed by atoms with Gasteiger partial charge >= 0.3 is 12.1 Å². The van der Waals surface area contributed by atoms with Gasteiger partial charge < -0.3 is 37.1 Å². The number of fused-ring (bicyclic) bond motifs is 1. The highest BCUT2D eigenvalue weighted by molar-refractivity contribution is 8.00. The number of amides is 4. The zero-order valence-electron chi connectivity index (χ0n) is 45.7. The van der Waals surface area contributed by atoms with E-state index in [0.717, 1.165) is 55.1 Å². The molecule has 6 rings (SSSR count). The highest BCUT2D eigenvalue weighted by atomic mass is 32.2. The fourth-order valence-corrected chi connectivity index (χ4v) is 10.8. The van der Waals surface area contributed by atoms with Crippen LogP contribution in [0.2, 0.25) is 0 Å². The molecule has 0 bridgehead atoms. The van der Waals surface area contributed by atoms with Gasteiger partial charge in [0, 0.05) is 37.1 Å². The molecule has 4 aromatic carbocycles. The van der Waals surface area contributed by atoms with Crippen LogP contribution in [-0.4, -0.2) is 118 Å². The number of esters is 1. The van der Waals surface area contributed by atoms with Gasteiger partial charge in [0.1, 0.15) is 12.1 Å². The lowest BCUT2D eigenvalue weighted by atomic mass is 9.84. The maximum Gasteiger partial charge on any atom is 0.450 e. The van der Waals surface area contributed by atoms with Gasteiger partial charge in [0.25, 0.3) is 11.5 Å². The number of nitrogen functional groups attached to an aromatic ring is 1. The summed E-state index contributed by atoms with van der Waals surface area (Å²) < 4.78 is 45.8. The second-order valence-electron chi connectivity index (χ2n) is 19.4. The summed E-state index contributed by atoms with van der Waals surface area (Å²) >= 11 is 1.65. The fraction of sp³-hybridized carbons (Fsp3) is 0.373. The molecule has 0 saturated heterocycles. The summed E-state index contributed by atoms with van der Waals surface area (Å²) in [4.78, 5) is 118. The standard InChI is InChI=1S/C59H67F3N10O9S/c1-37(73)45(70-53(77)39-27-25-38(26-28-39)44(51(76)59(60,61)62)35-43-36-66-52-50(67-43)55(79)72-57(63)71-52)29-30-48(74)69-47(56(80)81-3)24-14-16-33-65-54(78)46(23-13-15-32-64-2)68-49(75)31-34-82-58(40-17-7-4-8-18-40,41-19-9-5-10-20-41)42-21-11-6-12-22-42/h4-12,17-22,25-28,36,44-47,64H,13-16,23-24,29-35H2,1-3H3,(H,65,78)(H,68,75)(H,69,74)(H,70,77)(H3,63,66,71,72,79). The van der Waals surface area contributed by atoms with Gasteiger partial charge in [0.05, 0.1) is 35.7 Å². The molecule has 19 nitrogen and oxygen atoms in total. The average molecular weight is 1150 g/mol. The lowest BCUT2D eigenvalue weighted by molar-refractivity contribution is -0.172. The molecule has 82 heavy (non-hydrogen) atoms. The normalized spacial score (nSPS) is 13.0. The van der Waals surface area contributed by atoms with Crippen LogP contribution < -0.4 is 37.9 Å². The number of nitrogens with one attached hydrogen (secondary N) is 6. The molecule has 2 heterocycles. The van der Waals surface area contributed by atoms with E-state index in [9.17, 15) is 51.5 Å². The van der Waals surface area contributed by atoms with E-state index in [4.69, 9.17) is 10.5 Å². The molecule has 0 fully saturated rings. The van der Waals surface area contributed by atoms with E-state index in [2.05, 4.69) is 82.9 Å². The molecule has 0 saturated carbocycles. The molecule has 6 aromatic rings. The van der Waals surface area contributed by atoms with Crippen LogP contribution in [-0.2, 0) is 44.7 Å². The number of ketones is 2. The van der Waals surface area contributed by atoms with Gasteiger partial charge in [-0.05, 0) is 99.8 Å². The maximum atomic E-state index is 13.8. The Hall–Kier alpha value is -8.31. The van der Waals surface area contributed by atoms with Crippen LogP contribution in [0.15, 0.2) is 126 Å². The Morgan fingerprint density at radius 2 is 1.26 bits per heavy atom. The number of thioether (sulfide) groups is 1. The van der Waals surface area contributed by atoms with Crippen molar-refractivity contribution in [1.82, 2.24) is 46.5 Å². The highest BCUT2D eigenvalue weighted by Gasteiger charge is 2.44. The maximum absolute atomic E-state index is 13.8. The van der Waals surface area contributed by atoms with Crippen molar-refractivity contribution in [1.29, 1.82) is 0 Å². The number of Topliss-reactive ketones (excluding diaryl/α,β-unsaturated/α-hetero) is 2. The highest BCUT2D eigenvalue weighted by Crippen LogP contribution is 2.48. The predicted molar refractivity (Wildman–Crippen MR) is 304 cm³/mol. The molecule has 8 N–H and O–H groups in total. The molecule has 4 amide bonds. The number of anilines is 1. The van der Waals surface area contributed by atoms with Gasteiger partial charge in [0.2, 0.25) is 29.5 Å². The molecule has 4 unspecified atom stereocenters. The number of nitrogens with zero attached hydrogens (tertiary/aromatic N) is 3. The van der Waals surface area contributed by atoms with Crippen LogP contribution in [0.25, 0.3) is 11.2 Å². The Kier molecular flexibility index (Phi) is 23.4. The number of alkyl halides is 3. The van der Waals surface area contributed by atoms with Gasteiger partial charge in [-0.25, -0.2) is 14.8 Å². The number of ether oxygens (including phenoxy) is 1. The smallest absolute Gasteiger partial charge is 0.450 e. The Labute approximate surface area is 476 Å². The molecule has 434 valence electrons. The summed E-state index contributed by atoms with van der Waals surface area (Å²) in [7, 11) is 3.01. The number of unbranched alkanes of at least 4 members (excludes halogenated alkanes) is 2. The second-order valence-corrected chi connectivity index (χ2v) is 20.7. The summed E-state index contributed by atoms with van der Waals surface area (Å²) in [5, 5.41) is 14.1. The van der Waals surface area contributed by atoms with Crippen molar-refractivity contribution in [2.45, 2.75) is 106 Å². The lowest BCUT2D eigenvalue weighted by Gasteiger charge is -2.35. The Morgan fingerprint density at radius 1 is 0.695 bits per heavy atom. The molecular weight excluding hydrogens is 1080 g/mol. The first kappa shape index (κ1) is 62.9. The topological polar surface area (TPSA) is 286 Å². The van der Waals surface area contributed by atoms with Crippen molar-refractivity contribution < 1.29 is 51.5 Å². The van der Waals surface area contributed by atoms with Crippen LogP contribution >= 0.6 is 11.8 Å². The summed E-state index contributed by atoms with van der Waals surface area (Å²) in [5.41, 5.74) is 7.15. The number of hydrogen-bond donors (Lipinski definition) is 7. The van der Waals surface area contributed by atoms with E-state index in [0.29, 0.717) is 31.4 Å². The minimum absolute atomic E-state index is 0.0795. The molecular formula is C59H67F3N10O9S. The number of nitrogens with two attached hydrogens (primary N) is 1. The van der Waals surface area contributed by atoms with Gasteiger partial charge in [0.15, 0.2) is 16.9 Å². The molecule has 0 radical (unpaired) electrons. The average Bonchev–Trinajstić information content (AvgIpc) is 3.52. The third kappa shape index (κ3) is 17.6. The molecule has 2 aromatic heterocycles. The number of carbonyl (C=O) groups is 7. The van der Waals surface area contributed by atoms with Crippen molar-refractivity contribution in [2.24, 2.45) is 0 Å². The fourth-order valence-electron chi connectivity index (χ4n) is 9.32. The van der Waals surface area contributed by atoms with Crippen molar-refractivity contribution in [3.8, 4) is 0 Å². The second kappa shape index (κ2) is 30.5. The van der Waals surface area contributed by atoms with Gasteiger partial charge in [-0.2, -0.15) is 18.2 Å². The third-order valence-corrected chi connectivity index (χ3v) is 15.1. The van der Waals surface area contributed by atoms with E-state index in [-0.39, 0.29) is 78.0 Å². The zero-order valence-corrected chi connectivity index (χ0v) is 46.5. The lowest BCUT2D eigenvalue weighted by Crippen LogP contribution is -2.47. The third-order valence-electron chi connectivity index (χ3n) is 13.6. The number of rotatable bonds is 31.